The molecule has 0 spiro atoms. The maximum atomic E-state index is 11.4. The average molecular weight is 193 g/mol. The largest absolute Gasteiger partial charge is 0.323 e. The standard InChI is InChI=1S/C10H15N3O/c1-3-9(11)10(14)13-8-4-7(2)5-12-6-8/h4-6,9H,3,11H2,1-2H3,(H,13,14)/t9-/m1/s1. The molecule has 4 nitrogen and oxygen atoms in total. The van der Waals surface area contributed by atoms with Crippen molar-refractivity contribution in [3.05, 3.63) is 24.0 Å². The molecule has 0 aliphatic heterocycles. The third-order valence-electron chi connectivity index (χ3n) is 1.92. The number of anilines is 1. The molecule has 0 saturated heterocycles. The van der Waals surface area contributed by atoms with E-state index in [-0.39, 0.29) is 5.91 Å². The Morgan fingerprint density at radius 3 is 2.93 bits per heavy atom. The van der Waals surface area contributed by atoms with E-state index in [1.807, 2.05) is 19.9 Å². The zero-order valence-corrected chi connectivity index (χ0v) is 8.45. The summed E-state index contributed by atoms with van der Waals surface area (Å²) in [6, 6.07) is 1.41. The van der Waals surface area contributed by atoms with Crippen molar-refractivity contribution in [2.24, 2.45) is 5.73 Å². The van der Waals surface area contributed by atoms with Crippen molar-refractivity contribution in [2.75, 3.05) is 5.32 Å². The first kappa shape index (κ1) is 10.7. The van der Waals surface area contributed by atoms with Gasteiger partial charge in [0.2, 0.25) is 5.91 Å². The van der Waals surface area contributed by atoms with Crippen LogP contribution in [0.1, 0.15) is 18.9 Å². The molecular formula is C10H15N3O. The van der Waals surface area contributed by atoms with Crippen LogP contribution in [-0.4, -0.2) is 16.9 Å². The highest BCUT2D eigenvalue weighted by Gasteiger charge is 2.10. The summed E-state index contributed by atoms with van der Waals surface area (Å²) in [4.78, 5) is 15.4. The second kappa shape index (κ2) is 4.72. The van der Waals surface area contributed by atoms with Crippen molar-refractivity contribution in [1.82, 2.24) is 4.98 Å². The first-order valence-electron chi connectivity index (χ1n) is 4.61. The van der Waals surface area contributed by atoms with E-state index in [0.717, 1.165) is 5.56 Å². The fourth-order valence-electron chi connectivity index (χ4n) is 1.04. The van der Waals surface area contributed by atoms with Gasteiger partial charge in [0.25, 0.3) is 0 Å². The molecular weight excluding hydrogens is 178 g/mol. The molecule has 0 aromatic carbocycles. The fraction of sp³-hybridized carbons (Fsp3) is 0.400. The Bertz CT molecular complexity index is 325. The molecule has 0 aliphatic rings. The van der Waals surface area contributed by atoms with Crippen LogP contribution in [0.5, 0.6) is 0 Å². The van der Waals surface area contributed by atoms with Gasteiger partial charge in [-0.15, -0.1) is 0 Å². The number of carbonyl (C=O) groups excluding carboxylic acids is 1. The molecule has 1 amide bonds. The van der Waals surface area contributed by atoms with Crippen molar-refractivity contribution < 1.29 is 4.79 Å². The SMILES string of the molecule is CC[C@@H](N)C(=O)Nc1cncc(C)c1. The van der Waals surface area contributed by atoms with Crippen LogP contribution in [0.25, 0.3) is 0 Å². The molecule has 4 heteroatoms. The molecule has 0 unspecified atom stereocenters. The summed E-state index contributed by atoms with van der Waals surface area (Å²) in [6.45, 7) is 3.79. The van der Waals surface area contributed by atoms with Crippen molar-refractivity contribution in [2.45, 2.75) is 26.3 Å². The number of aromatic nitrogens is 1. The van der Waals surface area contributed by atoms with Crippen molar-refractivity contribution >= 4 is 11.6 Å². The minimum absolute atomic E-state index is 0.167. The van der Waals surface area contributed by atoms with Crippen LogP contribution in [0.2, 0.25) is 0 Å². The van der Waals surface area contributed by atoms with Gasteiger partial charge in [-0.1, -0.05) is 6.92 Å². The Balaban J connectivity index is 2.65. The van der Waals surface area contributed by atoms with E-state index in [1.54, 1.807) is 12.4 Å². The molecule has 0 saturated carbocycles. The highest BCUT2D eigenvalue weighted by molar-refractivity contribution is 5.94. The van der Waals surface area contributed by atoms with Gasteiger partial charge in [0.05, 0.1) is 17.9 Å². The third-order valence-corrected chi connectivity index (χ3v) is 1.92. The summed E-state index contributed by atoms with van der Waals surface area (Å²) in [5.74, 6) is -0.167. The van der Waals surface area contributed by atoms with Gasteiger partial charge >= 0.3 is 0 Å². The van der Waals surface area contributed by atoms with Gasteiger partial charge in [0.1, 0.15) is 0 Å². The van der Waals surface area contributed by atoms with Crippen LogP contribution in [0, 0.1) is 6.92 Å². The van der Waals surface area contributed by atoms with Gasteiger partial charge in [-0.25, -0.2) is 0 Å². The molecule has 0 radical (unpaired) electrons. The molecule has 1 atom stereocenters. The van der Waals surface area contributed by atoms with E-state index in [4.69, 9.17) is 5.73 Å². The summed E-state index contributed by atoms with van der Waals surface area (Å²) >= 11 is 0. The summed E-state index contributed by atoms with van der Waals surface area (Å²) in [5, 5.41) is 2.71. The van der Waals surface area contributed by atoms with Crippen LogP contribution in [0.15, 0.2) is 18.5 Å². The summed E-state index contributed by atoms with van der Waals surface area (Å²) < 4.78 is 0. The maximum Gasteiger partial charge on any atom is 0.241 e. The van der Waals surface area contributed by atoms with Crippen molar-refractivity contribution in [3.8, 4) is 0 Å². The smallest absolute Gasteiger partial charge is 0.241 e. The molecule has 1 rings (SSSR count). The topological polar surface area (TPSA) is 68.0 Å². The van der Waals surface area contributed by atoms with Crippen LogP contribution in [0.4, 0.5) is 5.69 Å². The maximum absolute atomic E-state index is 11.4. The van der Waals surface area contributed by atoms with E-state index in [0.29, 0.717) is 12.1 Å². The number of rotatable bonds is 3. The molecule has 14 heavy (non-hydrogen) atoms. The van der Waals surface area contributed by atoms with Crippen molar-refractivity contribution in [3.63, 3.8) is 0 Å². The highest BCUT2D eigenvalue weighted by Crippen LogP contribution is 2.07. The number of amides is 1. The van der Waals surface area contributed by atoms with E-state index in [9.17, 15) is 4.79 Å². The zero-order valence-electron chi connectivity index (χ0n) is 8.45. The molecule has 0 fully saturated rings. The predicted octanol–water partition coefficient (Wildman–Crippen LogP) is 1.07. The van der Waals surface area contributed by atoms with E-state index in [1.165, 1.54) is 0 Å². The van der Waals surface area contributed by atoms with Gasteiger partial charge < -0.3 is 11.1 Å². The van der Waals surface area contributed by atoms with Crippen molar-refractivity contribution in [1.29, 1.82) is 0 Å². The summed E-state index contributed by atoms with van der Waals surface area (Å²) in [6.07, 6.45) is 3.97. The minimum Gasteiger partial charge on any atom is -0.323 e. The number of nitrogens with one attached hydrogen (secondary N) is 1. The number of nitrogens with zero attached hydrogens (tertiary/aromatic N) is 1. The lowest BCUT2D eigenvalue weighted by atomic mass is 10.2. The Labute approximate surface area is 83.5 Å². The first-order chi connectivity index (χ1) is 6.63. The molecule has 1 heterocycles. The lowest BCUT2D eigenvalue weighted by molar-refractivity contribution is -0.117. The average Bonchev–Trinajstić information content (AvgIpc) is 2.16. The van der Waals surface area contributed by atoms with Crippen LogP contribution >= 0.6 is 0 Å². The normalized spacial score (nSPS) is 12.2. The van der Waals surface area contributed by atoms with E-state index in [2.05, 4.69) is 10.3 Å². The quantitative estimate of drug-likeness (QED) is 0.754. The Morgan fingerprint density at radius 2 is 2.36 bits per heavy atom. The molecule has 76 valence electrons. The van der Waals surface area contributed by atoms with Gasteiger partial charge in [-0.2, -0.15) is 0 Å². The van der Waals surface area contributed by atoms with Crippen LogP contribution < -0.4 is 11.1 Å². The second-order valence-corrected chi connectivity index (χ2v) is 3.25. The van der Waals surface area contributed by atoms with Gasteiger partial charge in [0.15, 0.2) is 0 Å². The molecule has 1 aromatic heterocycles. The number of pyridine rings is 1. The molecule has 1 aromatic rings. The zero-order chi connectivity index (χ0) is 10.6. The van der Waals surface area contributed by atoms with Gasteiger partial charge in [0, 0.05) is 6.20 Å². The molecule has 0 bridgehead atoms. The predicted molar refractivity (Wildman–Crippen MR) is 55.9 cm³/mol. The fourth-order valence-corrected chi connectivity index (χ4v) is 1.04. The lowest BCUT2D eigenvalue weighted by Crippen LogP contribution is -2.34. The molecule has 3 N–H and O–H groups in total. The number of hydrogen-bond acceptors (Lipinski definition) is 3. The Kier molecular flexibility index (Phi) is 3.59. The highest BCUT2D eigenvalue weighted by atomic mass is 16.2. The lowest BCUT2D eigenvalue weighted by Gasteiger charge is -2.09. The second-order valence-electron chi connectivity index (χ2n) is 3.25. The number of hydrogen-bond donors (Lipinski definition) is 2. The van der Waals surface area contributed by atoms with E-state index >= 15 is 0 Å². The summed E-state index contributed by atoms with van der Waals surface area (Å²) in [7, 11) is 0. The van der Waals surface area contributed by atoms with E-state index < -0.39 is 6.04 Å². The number of nitrogens with two attached hydrogens (primary N) is 1. The van der Waals surface area contributed by atoms with Crippen LogP contribution in [-0.2, 0) is 4.79 Å². The van der Waals surface area contributed by atoms with Crippen LogP contribution in [0.3, 0.4) is 0 Å². The first-order valence-corrected chi connectivity index (χ1v) is 4.61. The Hall–Kier alpha value is -1.42. The number of carbonyl (C=O) groups is 1. The summed E-state index contributed by atoms with van der Waals surface area (Å²) in [5.41, 5.74) is 7.27. The third kappa shape index (κ3) is 2.81. The molecule has 0 aliphatic carbocycles. The minimum atomic E-state index is -0.449. The van der Waals surface area contributed by atoms with Gasteiger partial charge in [-0.3, -0.25) is 9.78 Å². The Morgan fingerprint density at radius 1 is 1.64 bits per heavy atom. The van der Waals surface area contributed by atoms with Gasteiger partial charge in [-0.05, 0) is 25.0 Å². The number of aryl methyl sites for hydroxylation is 1. The monoisotopic (exact) mass is 193 g/mol.